The van der Waals surface area contributed by atoms with Crippen LogP contribution in [0.5, 0.6) is 0 Å². The normalized spacial score (nSPS) is 19.0. The van der Waals surface area contributed by atoms with Gasteiger partial charge in [-0.3, -0.25) is 14.4 Å². The monoisotopic (exact) mass is 399 g/mol. The van der Waals surface area contributed by atoms with E-state index in [1.807, 2.05) is 24.3 Å². The summed E-state index contributed by atoms with van der Waals surface area (Å²) in [6.45, 7) is 2.00. The number of carbonyl (C=O) groups excluding carboxylic acids is 2. The number of benzene rings is 1. The third-order valence-corrected chi connectivity index (χ3v) is 5.28. The summed E-state index contributed by atoms with van der Waals surface area (Å²) in [4.78, 5) is 36.3. The third-order valence-electron chi connectivity index (χ3n) is 3.74. The predicted molar refractivity (Wildman–Crippen MR) is 92.1 cm³/mol. The molecule has 0 saturated carbocycles. The van der Waals surface area contributed by atoms with Crippen LogP contribution in [0, 0.1) is 5.92 Å². The van der Waals surface area contributed by atoms with Crippen molar-refractivity contribution in [2.75, 3.05) is 12.3 Å². The Bertz CT molecular complexity index is 622. The van der Waals surface area contributed by atoms with Crippen LogP contribution < -0.4 is 0 Å². The molecule has 0 spiro atoms. The van der Waals surface area contributed by atoms with Crippen LogP contribution in [-0.2, 0) is 14.4 Å². The van der Waals surface area contributed by atoms with Crippen molar-refractivity contribution >= 4 is 44.7 Å². The molecular formula is C16H18BrNO4S. The van der Waals surface area contributed by atoms with Crippen LogP contribution in [0.15, 0.2) is 28.7 Å². The van der Waals surface area contributed by atoms with E-state index in [2.05, 4.69) is 15.9 Å². The SMILES string of the molecule is CC(=O)SCC1CC(=O)N(C(CC(=O)O)c2cccc(Br)c2)C1. The topological polar surface area (TPSA) is 74.7 Å². The Morgan fingerprint density at radius 1 is 1.48 bits per heavy atom. The molecule has 23 heavy (non-hydrogen) atoms. The molecule has 1 fully saturated rings. The lowest BCUT2D eigenvalue weighted by molar-refractivity contribution is -0.140. The van der Waals surface area contributed by atoms with Crippen molar-refractivity contribution in [1.82, 2.24) is 4.90 Å². The molecule has 1 heterocycles. The lowest BCUT2D eigenvalue weighted by atomic mass is 10.0. The zero-order valence-corrected chi connectivity index (χ0v) is 15.1. The van der Waals surface area contributed by atoms with Gasteiger partial charge in [-0.25, -0.2) is 0 Å². The van der Waals surface area contributed by atoms with Gasteiger partial charge in [0.15, 0.2) is 5.12 Å². The van der Waals surface area contributed by atoms with Gasteiger partial charge in [-0.15, -0.1) is 0 Å². The highest BCUT2D eigenvalue weighted by Gasteiger charge is 2.36. The maximum Gasteiger partial charge on any atom is 0.305 e. The summed E-state index contributed by atoms with van der Waals surface area (Å²) in [6.07, 6.45) is 0.235. The summed E-state index contributed by atoms with van der Waals surface area (Å²) in [5.41, 5.74) is 0.801. The first kappa shape index (κ1) is 18.0. The number of halogens is 1. The van der Waals surface area contributed by atoms with Gasteiger partial charge in [0.25, 0.3) is 0 Å². The largest absolute Gasteiger partial charge is 0.481 e. The number of aliphatic carboxylic acids is 1. The summed E-state index contributed by atoms with van der Waals surface area (Å²) in [5, 5.41) is 9.24. The third kappa shape index (κ3) is 5.07. The molecule has 1 aliphatic rings. The number of rotatable bonds is 6. The van der Waals surface area contributed by atoms with E-state index in [1.165, 1.54) is 18.7 Å². The van der Waals surface area contributed by atoms with Gasteiger partial charge in [0.2, 0.25) is 5.91 Å². The van der Waals surface area contributed by atoms with Crippen LogP contribution in [-0.4, -0.2) is 39.3 Å². The highest BCUT2D eigenvalue weighted by molar-refractivity contribution is 9.10. The van der Waals surface area contributed by atoms with E-state index >= 15 is 0 Å². The summed E-state index contributed by atoms with van der Waals surface area (Å²) < 4.78 is 0.848. The highest BCUT2D eigenvalue weighted by atomic mass is 79.9. The molecule has 7 heteroatoms. The number of thioether (sulfide) groups is 1. The quantitative estimate of drug-likeness (QED) is 0.795. The Morgan fingerprint density at radius 2 is 2.22 bits per heavy atom. The van der Waals surface area contributed by atoms with Crippen molar-refractivity contribution in [2.24, 2.45) is 5.92 Å². The minimum Gasteiger partial charge on any atom is -0.481 e. The number of carbonyl (C=O) groups is 3. The van der Waals surface area contributed by atoms with Crippen molar-refractivity contribution in [3.05, 3.63) is 34.3 Å². The fraction of sp³-hybridized carbons (Fsp3) is 0.438. The zero-order valence-electron chi connectivity index (χ0n) is 12.7. The van der Waals surface area contributed by atoms with Gasteiger partial charge >= 0.3 is 5.97 Å². The molecule has 2 atom stereocenters. The minimum absolute atomic E-state index is 0.0324. The smallest absolute Gasteiger partial charge is 0.305 e. The van der Waals surface area contributed by atoms with Crippen molar-refractivity contribution in [2.45, 2.75) is 25.8 Å². The summed E-state index contributed by atoms with van der Waals surface area (Å²) in [5.74, 6) is -0.315. The second-order valence-electron chi connectivity index (χ2n) is 5.59. The van der Waals surface area contributed by atoms with Gasteiger partial charge in [-0.05, 0) is 23.6 Å². The number of hydrogen-bond acceptors (Lipinski definition) is 4. The van der Waals surface area contributed by atoms with Crippen molar-refractivity contribution in [1.29, 1.82) is 0 Å². The number of nitrogens with zero attached hydrogens (tertiary/aromatic N) is 1. The first-order chi connectivity index (χ1) is 10.9. The van der Waals surface area contributed by atoms with Crippen LogP contribution in [0.2, 0.25) is 0 Å². The van der Waals surface area contributed by atoms with Gasteiger partial charge < -0.3 is 10.0 Å². The van der Waals surface area contributed by atoms with Crippen LogP contribution in [0.25, 0.3) is 0 Å². The Balaban J connectivity index is 2.17. The van der Waals surface area contributed by atoms with E-state index < -0.39 is 12.0 Å². The maximum atomic E-state index is 12.3. The van der Waals surface area contributed by atoms with E-state index in [-0.39, 0.29) is 23.4 Å². The number of carboxylic acids is 1. The highest BCUT2D eigenvalue weighted by Crippen LogP contribution is 2.33. The maximum absolute atomic E-state index is 12.3. The van der Waals surface area contributed by atoms with Gasteiger partial charge in [0.1, 0.15) is 0 Å². The molecular weight excluding hydrogens is 382 g/mol. The van der Waals surface area contributed by atoms with Crippen LogP contribution in [0.4, 0.5) is 0 Å². The molecule has 5 nitrogen and oxygen atoms in total. The second kappa shape index (κ2) is 7.97. The molecule has 0 bridgehead atoms. The molecule has 0 radical (unpaired) electrons. The summed E-state index contributed by atoms with van der Waals surface area (Å²) in [6, 6.07) is 6.89. The number of hydrogen-bond donors (Lipinski definition) is 1. The standard InChI is InChI=1S/C16H18BrNO4S/c1-10(19)23-9-11-5-15(20)18(8-11)14(7-16(21)22)12-3-2-4-13(17)6-12/h2-4,6,11,14H,5,7-9H2,1H3,(H,21,22). The molecule has 1 aliphatic heterocycles. The Hall–Kier alpha value is -1.34. The molecule has 124 valence electrons. The lowest BCUT2D eigenvalue weighted by Gasteiger charge is -2.27. The summed E-state index contributed by atoms with van der Waals surface area (Å²) >= 11 is 4.60. The van der Waals surface area contributed by atoms with Crippen LogP contribution in [0.1, 0.15) is 31.4 Å². The Morgan fingerprint density at radius 3 is 2.83 bits per heavy atom. The average molecular weight is 400 g/mol. The van der Waals surface area contributed by atoms with Crippen molar-refractivity contribution in [3.63, 3.8) is 0 Å². The van der Waals surface area contributed by atoms with Gasteiger partial charge in [-0.1, -0.05) is 39.8 Å². The van der Waals surface area contributed by atoms with E-state index in [0.29, 0.717) is 18.7 Å². The average Bonchev–Trinajstić information content (AvgIpc) is 2.83. The van der Waals surface area contributed by atoms with E-state index in [9.17, 15) is 19.5 Å². The number of likely N-dealkylation sites (tertiary alicyclic amines) is 1. The minimum atomic E-state index is -0.940. The molecule has 2 unspecified atom stereocenters. The summed E-state index contributed by atoms with van der Waals surface area (Å²) in [7, 11) is 0. The van der Waals surface area contributed by atoms with Crippen molar-refractivity contribution < 1.29 is 19.5 Å². The van der Waals surface area contributed by atoms with Gasteiger partial charge in [0.05, 0.1) is 12.5 Å². The molecule has 2 rings (SSSR count). The zero-order chi connectivity index (χ0) is 17.0. The van der Waals surface area contributed by atoms with Gasteiger partial charge in [0, 0.05) is 30.1 Å². The molecule has 0 aromatic heterocycles. The predicted octanol–water partition coefficient (Wildman–Crippen LogP) is 3.09. The molecule has 1 aromatic carbocycles. The second-order valence-corrected chi connectivity index (χ2v) is 7.70. The molecule has 1 amide bonds. The lowest BCUT2D eigenvalue weighted by Crippen LogP contribution is -2.32. The number of amides is 1. The fourth-order valence-electron chi connectivity index (χ4n) is 2.74. The van der Waals surface area contributed by atoms with Crippen LogP contribution in [0.3, 0.4) is 0 Å². The van der Waals surface area contributed by atoms with E-state index in [1.54, 1.807) is 4.90 Å². The van der Waals surface area contributed by atoms with Gasteiger partial charge in [-0.2, -0.15) is 0 Å². The molecule has 1 aromatic rings. The molecule has 0 aliphatic carbocycles. The first-order valence-electron chi connectivity index (χ1n) is 7.27. The first-order valence-corrected chi connectivity index (χ1v) is 9.04. The Kier molecular flexibility index (Phi) is 6.24. The number of carboxylic acid groups (broad SMARTS) is 1. The molecule has 1 saturated heterocycles. The molecule has 1 N–H and O–H groups in total. The van der Waals surface area contributed by atoms with E-state index in [4.69, 9.17) is 0 Å². The Labute approximate surface area is 147 Å². The van der Waals surface area contributed by atoms with Crippen molar-refractivity contribution in [3.8, 4) is 0 Å². The van der Waals surface area contributed by atoms with Crippen LogP contribution >= 0.6 is 27.7 Å². The van der Waals surface area contributed by atoms with E-state index in [0.717, 1.165) is 10.0 Å². The fourth-order valence-corrected chi connectivity index (χ4v) is 3.85.